The van der Waals surface area contributed by atoms with Gasteiger partial charge in [-0.15, -0.1) is 0 Å². The number of hydrogen-bond donors (Lipinski definition) is 1. The fourth-order valence-corrected chi connectivity index (χ4v) is 3.75. The molecule has 2 heterocycles. The first-order chi connectivity index (χ1) is 11.6. The zero-order valence-electron chi connectivity index (χ0n) is 12.9. The molecule has 0 saturated carbocycles. The van der Waals surface area contributed by atoms with Crippen molar-refractivity contribution in [2.75, 3.05) is 11.9 Å². The van der Waals surface area contributed by atoms with Crippen LogP contribution in [0.25, 0.3) is 16.9 Å². The quantitative estimate of drug-likeness (QED) is 0.613. The average molecular weight is 379 g/mol. The summed E-state index contributed by atoms with van der Waals surface area (Å²) in [6, 6.07) is 11.4. The van der Waals surface area contributed by atoms with E-state index < -0.39 is 0 Å². The first kappa shape index (κ1) is 15.8. The van der Waals surface area contributed by atoms with Gasteiger partial charge >= 0.3 is 0 Å². The summed E-state index contributed by atoms with van der Waals surface area (Å²) in [6.07, 6.45) is 0.881. The van der Waals surface area contributed by atoms with E-state index in [1.807, 2.05) is 48.0 Å². The molecule has 3 nitrogen and oxygen atoms in total. The summed E-state index contributed by atoms with van der Waals surface area (Å²) in [5.74, 6) is 0.973. The highest BCUT2D eigenvalue weighted by atomic mass is 35.5. The van der Waals surface area contributed by atoms with Gasteiger partial charge in [-0.05, 0) is 43.2 Å². The lowest BCUT2D eigenvalue weighted by molar-refractivity contribution is 0.882. The van der Waals surface area contributed by atoms with Crippen LogP contribution in [-0.2, 0) is 6.42 Å². The van der Waals surface area contributed by atoms with Crippen LogP contribution in [0.1, 0.15) is 11.1 Å². The van der Waals surface area contributed by atoms with Gasteiger partial charge in [0.2, 0.25) is 0 Å². The number of benzene rings is 2. The number of rotatable bonds is 2. The highest BCUT2D eigenvalue weighted by Crippen LogP contribution is 2.41. The van der Waals surface area contributed by atoms with Crippen molar-refractivity contribution in [2.45, 2.75) is 13.3 Å². The predicted octanol–water partition coefficient (Wildman–Crippen LogP) is 5.78. The third-order valence-corrected chi connectivity index (χ3v) is 5.29. The molecule has 0 saturated heterocycles. The van der Waals surface area contributed by atoms with Crippen molar-refractivity contribution in [3.05, 3.63) is 62.6 Å². The molecular weight excluding hydrogens is 365 g/mol. The Bertz CT molecular complexity index is 927. The third-order valence-electron chi connectivity index (χ3n) is 4.25. The van der Waals surface area contributed by atoms with E-state index in [2.05, 4.69) is 5.32 Å². The van der Waals surface area contributed by atoms with E-state index in [1.165, 1.54) is 0 Å². The first-order valence-corrected chi connectivity index (χ1v) is 8.76. The summed E-state index contributed by atoms with van der Waals surface area (Å²) in [7, 11) is 0. The summed E-state index contributed by atoms with van der Waals surface area (Å²) in [6.45, 7) is 2.84. The second kappa shape index (κ2) is 5.99. The van der Waals surface area contributed by atoms with E-state index in [0.717, 1.165) is 46.9 Å². The second-order valence-corrected chi connectivity index (χ2v) is 7.02. The monoisotopic (exact) mass is 377 g/mol. The molecule has 3 aromatic rings. The highest BCUT2D eigenvalue weighted by Gasteiger charge is 2.26. The maximum atomic E-state index is 6.39. The maximum absolute atomic E-state index is 6.39. The molecule has 1 aromatic heterocycles. The Morgan fingerprint density at radius 2 is 1.79 bits per heavy atom. The van der Waals surface area contributed by atoms with Crippen molar-refractivity contribution >= 4 is 40.6 Å². The molecule has 0 atom stereocenters. The zero-order valence-corrected chi connectivity index (χ0v) is 15.2. The summed E-state index contributed by atoms with van der Waals surface area (Å²) in [5.41, 5.74) is 4.67. The number of nitrogens with zero attached hydrogens (tertiary/aromatic N) is 2. The average Bonchev–Trinajstić information content (AvgIpc) is 3.13. The Hall–Kier alpha value is -1.68. The Balaban J connectivity index is 1.94. The summed E-state index contributed by atoms with van der Waals surface area (Å²) < 4.78 is 1.88. The standard InChI is InChI=1S/C18H14Cl3N3/c1-10-5-6-11(9-15(10)21)24-18-12(7-8-22-18)17(23-24)16-13(19)3-2-4-14(16)20/h2-6,9,22H,7-8H2,1H3. The van der Waals surface area contributed by atoms with Gasteiger partial charge in [-0.3, -0.25) is 0 Å². The van der Waals surface area contributed by atoms with Crippen LogP contribution in [0.2, 0.25) is 15.1 Å². The minimum atomic E-state index is 0.601. The largest absolute Gasteiger partial charge is 0.369 e. The van der Waals surface area contributed by atoms with Gasteiger partial charge in [-0.2, -0.15) is 5.10 Å². The predicted molar refractivity (Wildman–Crippen MR) is 101 cm³/mol. The number of nitrogens with one attached hydrogen (secondary N) is 1. The molecule has 1 N–H and O–H groups in total. The maximum Gasteiger partial charge on any atom is 0.133 e. The third kappa shape index (κ3) is 2.48. The Kier molecular flexibility index (Phi) is 3.95. The van der Waals surface area contributed by atoms with E-state index in [0.29, 0.717) is 15.1 Å². The first-order valence-electron chi connectivity index (χ1n) is 7.63. The molecule has 0 aliphatic carbocycles. The topological polar surface area (TPSA) is 29.9 Å². The van der Waals surface area contributed by atoms with Gasteiger partial charge in [0, 0.05) is 22.7 Å². The van der Waals surface area contributed by atoms with Gasteiger partial charge in [0.1, 0.15) is 11.5 Å². The van der Waals surface area contributed by atoms with E-state index in [-0.39, 0.29) is 0 Å². The minimum Gasteiger partial charge on any atom is -0.369 e. The van der Waals surface area contributed by atoms with Crippen LogP contribution in [-0.4, -0.2) is 16.3 Å². The highest BCUT2D eigenvalue weighted by molar-refractivity contribution is 6.39. The molecule has 0 bridgehead atoms. The lowest BCUT2D eigenvalue weighted by Crippen LogP contribution is -2.04. The van der Waals surface area contributed by atoms with Crippen molar-refractivity contribution in [3.8, 4) is 16.9 Å². The van der Waals surface area contributed by atoms with Crippen molar-refractivity contribution in [1.82, 2.24) is 9.78 Å². The van der Waals surface area contributed by atoms with Gasteiger partial charge in [0.25, 0.3) is 0 Å². The lowest BCUT2D eigenvalue weighted by Gasteiger charge is -2.08. The zero-order chi connectivity index (χ0) is 16.8. The molecule has 6 heteroatoms. The van der Waals surface area contributed by atoms with Gasteiger partial charge in [-0.1, -0.05) is 46.9 Å². The molecule has 2 aromatic carbocycles. The van der Waals surface area contributed by atoms with Crippen LogP contribution in [0.3, 0.4) is 0 Å². The number of anilines is 1. The Morgan fingerprint density at radius 3 is 2.50 bits per heavy atom. The molecule has 122 valence electrons. The van der Waals surface area contributed by atoms with Crippen molar-refractivity contribution in [3.63, 3.8) is 0 Å². The van der Waals surface area contributed by atoms with Gasteiger partial charge in [-0.25, -0.2) is 4.68 Å². The molecule has 0 amide bonds. The molecule has 0 unspecified atom stereocenters. The molecule has 0 radical (unpaired) electrons. The van der Waals surface area contributed by atoms with E-state index in [1.54, 1.807) is 0 Å². The summed E-state index contributed by atoms with van der Waals surface area (Å²) >= 11 is 19.1. The van der Waals surface area contributed by atoms with Crippen LogP contribution in [0.4, 0.5) is 5.82 Å². The van der Waals surface area contributed by atoms with Gasteiger partial charge < -0.3 is 5.32 Å². The molecule has 0 fully saturated rings. The van der Waals surface area contributed by atoms with Crippen molar-refractivity contribution in [2.24, 2.45) is 0 Å². The Morgan fingerprint density at radius 1 is 1.04 bits per heavy atom. The van der Waals surface area contributed by atoms with E-state index in [9.17, 15) is 0 Å². The lowest BCUT2D eigenvalue weighted by atomic mass is 10.1. The number of aryl methyl sites for hydroxylation is 1. The molecule has 1 aliphatic heterocycles. The molecule has 24 heavy (non-hydrogen) atoms. The SMILES string of the molecule is Cc1ccc(-n2nc(-c3c(Cl)cccc3Cl)c3c2NCC3)cc1Cl. The smallest absolute Gasteiger partial charge is 0.133 e. The van der Waals surface area contributed by atoms with Crippen LogP contribution in [0.15, 0.2) is 36.4 Å². The van der Waals surface area contributed by atoms with Gasteiger partial charge in [0.05, 0.1) is 15.7 Å². The number of aromatic nitrogens is 2. The van der Waals surface area contributed by atoms with Crippen LogP contribution in [0.5, 0.6) is 0 Å². The molecular formula is C18H14Cl3N3. The number of fused-ring (bicyclic) bond motifs is 1. The number of hydrogen-bond acceptors (Lipinski definition) is 2. The fourth-order valence-electron chi connectivity index (χ4n) is 3.00. The molecule has 1 aliphatic rings. The fraction of sp³-hybridized carbons (Fsp3) is 0.167. The van der Waals surface area contributed by atoms with Gasteiger partial charge in [0.15, 0.2) is 0 Å². The van der Waals surface area contributed by atoms with E-state index in [4.69, 9.17) is 39.9 Å². The molecule has 0 spiro atoms. The van der Waals surface area contributed by atoms with Crippen LogP contribution in [0, 0.1) is 6.92 Å². The van der Waals surface area contributed by atoms with Crippen molar-refractivity contribution < 1.29 is 0 Å². The second-order valence-electron chi connectivity index (χ2n) is 5.79. The summed E-state index contributed by atoms with van der Waals surface area (Å²) in [4.78, 5) is 0. The minimum absolute atomic E-state index is 0.601. The Labute approximate surface area is 155 Å². The normalized spacial score (nSPS) is 13.0. The molecule has 4 rings (SSSR count). The number of halogens is 3. The van der Waals surface area contributed by atoms with E-state index >= 15 is 0 Å². The van der Waals surface area contributed by atoms with Crippen LogP contribution >= 0.6 is 34.8 Å². The van der Waals surface area contributed by atoms with Crippen LogP contribution < -0.4 is 5.32 Å². The summed E-state index contributed by atoms with van der Waals surface area (Å²) in [5, 5.41) is 10.1. The van der Waals surface area contributed by atoms with Crippen molar-refractivity contribution in [1.29, 1.82) is 0 Å².